The second-order valence-electron chi connectivity index (χ2n) is 6.26. The minimum absolute atomic E-state index is 0.377. The van der Waals surface area contributed by atoms with Crippen LogP contribution in [0.4, 0.5) is 0 Å². The summed E-state index contributed by atoms with van der Waals surface area (Å²) in [6.45, 7) is 4.50. The number of fused-ring (bicyclic) bond motifs is 1. The maximum atomic E-state index is 10.2. The third-order valence-electron chi connectivity index (χ3n) is 4.51. The lowest BCUT2D eigenvalue weighted by molar-refractivity contribution is 0.147. The Morgan fingerprint density at radius 1 is 1.32 bits per heavy atom. The van der Waals surface area contributed by atoms with Crippen LogP contribution in [-0.4, -0.2) is 42.7 Å². The largest absolute Gasteiger partial charge is 0.386 e. The molecule has 1 aliphatic carbocycles. The highest BCUT2D eigenvalue weighted by Crippen LogP contribution is 2.40. The molecule has 1 atom stereocenters. The van der Waals surface area contributed by atoms with E-state index in [-0.39, 0.29) is 6.10 Å². The van der Waals surface area contributed by atoms with E-state index in [1.165, 1.54) is 5.69 Å². The normalized spacial score (nSPS) is 20.1. The van der Waals surface area contributed by atoms with Gasteiger partial charge in [0.25, 0.3) is 0 Å². The molecule has 118 valence electrons. The van der Waals surface area contributed by atoms with Crippen LogP contribution in [0.15, 0.2) is 18.5 Å². The molecule has 2 aliphatic rings. The molecule has 22 heavy (non-hydrogen) atoms. The van der Waals surface area contributed by atoms with Crippen molar-refractivity contribution < 1.29 is 5.11 Å². The number of aromatic nitrogens is 4. The highest BCUT2D eigenvalue weighted by Gasteiger charge is 2.33. The summed E-state index contributed by atoms with van der Waals surface area (Å²) in [5, 5.41) is 19.7. The summed E-state index contributed by atoms with van der Waals surface area (Å²) in [7, 11) is 0. The molecular formula is C15H20ClN5O. The lowest BCUT2D eigenvalue weighted by Crippen LogP contribution is -2.36. The van der Waals surface area contributed by atoms with E-state index in [4.69, 9.17) is 11.6 Å². The van der Waals surface area contributed by atoms with Crippen molar-refractivity contribution in [1.29, 1.82) is 0 Å². The minimum atomic E-state index is -0.377. The first-order valence-corrected chi connectivity index (χ1v) is 8.22. The molecule has 2 aromatic rings. The van der Waals surface area contributed by atoms with Gasteiger partial charge in [0.2, 0.25) is 0 Å². The van der Waals surface area contributed by atoms with Gasteiger partial charge in [-0.1, -0.05) is 11.6 Å². The second kappa shape index (κ2) is 5.68. The molecule has 6 nitrogen and oxygen atoms in total. The van der Waals surface area contributed by atoms with E-state index in [0.717, 1.165) is 51.3 Å². The first-order valence-electron chi connectivity index (χ1n) is 7.84. The van der Waals surface area contributed by atoms with Crippen LogP contribution in [0.1, 0.15) is 30.3 Å². The molecule has 3 heterocycles. The molecule has 0 unspecified atom stereocenters. The average molecular weight is 322 g/mol. The Hall–Kier alpha value is -1.37. The fourth-order valence-corrected chi connectivity index (χ4v) is 3.19. The summed E-state index contributed by atoms with van der Waals surface area (Å²) in [6.07, 6.45) is 5.39. The topological polar surface area (TPSA) is 59.1 Å². The van der Waals surface area contributed by atoms with Gasteiger partial charge >= 0.3 is 0 Å². The van der Waals surface area contributed by atoms with E-state index in [9.17, 15) is 5.11 Å². The van der Waals surface area contributed by atoms with E-state index >= 15 is 0 Å². The molecule has 0 bridgehead atoms. The quantitative estimate of drug-likeness (QED) is 0.910. The lowest BCUT2D eigenvalue weighted by Gasteiger charge is -2.27. The number of rotatable bonds is 5. The monoisotopic (exact) mass is 321 g/mol. The summed E-state index contributed by atoms with van der Waals surface area (Å²) in [6, 6.07) is 2.07. The third-order valence-corrected chi connectivity index (χ3v) is 4.71. The van der Waals surface area contributed by atoms with Crippen molar-refractivity contribution in [3.63, 3.8) is 0 Å². The molecule has 1 N–H and O–H groups in total. The van der Waals surface area contributed by atoms with Gasteiger partial charge in [0.15, 0.2) is 0 Å². The minimum Gasteiger partial charge on any atom is -0.386 e. The van der Waals surface area contributed by atoms with Gasteiger partial charge in [0.05, 0.1) is 35.7 Å². The van der Waals surface area contributed by atoms with Crippen LogP contribution in [0.3, 0.4) is 0 Å². The Labute approximate surface area is 134 Å². The molecule has 0 spiro atoms. The first-order chi connectivity index (χ1) is 10.7. The van der Waals surface area contributed by atoms with Gasteiger partial charge in [0.1, 0.15) is 6.10 Å². The van der Waals surface area contributed by atoms with Crippen LogP contribution in [0.2, 0.25) is 5.02 Å². The van der Waals surface area contributed by atoms with Crippen molar-refractivity contribution in [3.05, 3.63) is 34.9 Å². The van der Waals surface area contributed by atoms with Gasteiger partial charge < -0.3 is 5.11 Å². The molecule has 2 aromatic heterocycles. The SMILES string of the molecule is O[C@H](c1cc2n(n1)CCN(CCn1cc(Cl)cn1)C2)C1CC1. The predicted octanol–water partition coefficient (Wildman–Crippen LogP) is 1.69. The number of aliphatic hydroxyl groups excluding tert-OH is 1. The van der Waals surface area contributed by atoms with E-state index in [1.54, 1.807) is 6.20 Å². The van der Waals surface area contributed by atoms with Crippen molar-refractivity contribution in [1.82, 2.24) is 24.5 Å². The molecule has 1 saturated carbocycles. The Morgan fingerprint density at radius 2 is 2.18 bits per heavy atom. The summed E-state index contributed by atoms with van der Waals surface area (Å²) in [4.78, 5) is 2.39. The van der Waals surface area contributed by atoms with Crippen molar-refractivity contribution in [2.24, 2.45) is 5.92 Å². The van der Waals surface area contributed by atoms with E-state index < -0.39 is 0 Å². The zero-order valence-electron chi connectivity index (χ0n) is 12.4. The van der Waals surface area contributed by atoms with Gasteiger partial charge in [-0.2, -0.15) is 10.2 Å². The van der Waals surface area contributed by atoms with Crippen LogP contribution in [0, 0.1) is 5.92 Å². The number of nitrogens with zero attached hydrogens (tertiary/aromatic N) is 5. The highest BCUT2D eigenvalue weighted by atomic mass is 35.5. The van der Waals surface area contributed by atoms with Gasteiger partial charge in [0, 0.05) is 25.8 Å². The lowest BCUT2D eigenvalue weighted by atomic mass is 10.1. The Balaban J connectivity index is 1.38. The molecule has 7 heteroatoms. The number of aliphatic hydroxyl groups is 1. The molecular weight excluding hydrogens is 302 g/mol. The number of hydrogen-bond acceptors (Lipinski definition) is 4. The molecule has 1 fully saturated rings. The molecule has 0 amide bonds. The maximum absolute atomic E-state index is 10.2. The van der Waals surface area contributed by atoms with Crippen molar-refractivity contribution >= 4 is 11.6 Å². The van der Waals surface area contributed by atoms with E-state index in [1.807, 2.05) is 15.6 Å². The highest BCUT2D eigenvalue weighted by molar-refractivity contribution is 6.30. The fourth-order valence-electron chi connectivity index (χ4n) is 3.04. The Morgan fingerprint density at radius 3 is 2.91 bits per heavy atom. The molecule has 1 aliphatic heterocycles. The summed E-state index contributed by atoms with van der Waals surface area (Å²) >= 11 is 5.88. The van der Waals surface area contributed by atoms with E-state index in [0.29, 0.717) is 10.9 Å². The number of hydrogen-bond donors (Lipinski definition) is 1. The predicted molar refractivity (Wildman–Crippen MR) is 82.4 cm³/mol. The van der Waals surface area contributed by atoms with Crippen molar-refractivity contribution in [3.8, 4) is 0 Å². The standard InChI is InChI=1S/C15H20ClN5O/c16-12-8-17-20(9-12)5-3-19-4-6-21-13(10-19)7-14(18-21)15(22)11-1-2-11/h7-9,11,15,22H,1-6,10H2/t15-/m0/s1. The summed E-state index contributed by atoms with van der Waals surface area (Å²) < 4.78 is 3.92. The van der Waals surface area contributed by atoms with Crippen LogP contribution in [0.5, 0.6) is 0 Å². The summed E-state index contributed by atoms with van der Waals surface area (Å²) in [5.74, 6) is 0.428. The number of halogens is 1. The molecule has 0 aromatic carbocycles. The smallest absolute Gasteiger partial charge is 0.101 e. The molecule has 0 saturated heterocycles. The van der Waals surface area contributed by atoms with Crippen molar-refractivity contribution in [2.45, 2.75) is 38.6 Å². The average Bonchev–Trinajstić information content (AvgIpc) is 3.15. The van der Waals surface area contributed by atoms with Crippen LogP contribution in [-0.2, 0) is 19.6 Å². The van der Waals surface area contributed by atoms with Crippen LogP contribution >= 0.6 is 11.6 Å². The fraction of sp³-hybridized carbons (Fsp3) is 0.600. The molecule has 4 rings (SSSR count). The maximum Gasteiger partial charge on any atom is 0.101 e. The zero-order chi connectivity index (χ0) is 15.1. The van der Waals surface area contributed by atoms with Gasteiger partial charge in [-0.25, -0.2) is 0 Å². The Kier molecular flexibility index (Phi) is 3.68. The molecule has 0 radical (unpaired) electrons. The first kappa shape index (κ1) is 14.2. The van der Waals surface area contributed by atoms with Crippen LogP contribution in [0.25, 0.3) is 0 Å². The summed E-state index contributed by atoms with van der Waals surface area (Å²) in [5.41, 5.74) is 2.04. The Bertz CT molecular complexity index is 663. The third kappa shape index (κ3) is 2.91. The van der Waals surface area contributed by atoms with E-state index in [2.05, 4.69) is 21.2 Å². The zero-order valence-corrected chi connectivity index (χ0v) is 13.2. The van der Waals surface area contributed by atoms with Crippen molar-refractivity contribution in [2.75, 3.05) is 13.1 Å². The van der Waals surface area contributed by atoms with Gasteiger partial charge in [-0.15, -0.1) is 0 Å². The second-order valence-corrected chi connectivity index (χ2v) is 6.70. The van der Waals surface area contributed by atoms with Gasteiger partial charge in [-0.05, 0) is 24.8 Å². The van der Waals surface area contributed by atoms with Gasteiger partial charge in [-0.3, -0.25) is 14.3 Å². The van der Waals surface area contributed by atoms with Crippen LogP contribution < -0.4 is 0 Å².